The van der Waals surface area contributed by atoms with Crippen molar-refractivity contribution in [1.29, 1.82) is 0 Å². The van der Waals surface area contributed by atoms with E-state index in [-0.39, 0.29) is 0 Å². The highest BCUT2D eigenvalue weighted by Crippen LogP contribution is 2.10. The lowest BCUT2D eigenvalue weighted by Gasteiger charge is -2.34. The molecule has 1 saturated heterocycles. The Morgan fingerprint density at radius 2 is 1.89 bits per heavy atom. The van der Waals surface area contributed by atoms with Gasteiger partial charge in [0.1, 0.15) is 5.51 Å². The first kappa shape index (κ1) is 12.6. The normalized spacial score (nSPS) is 16.7. The minimum Gasteiger partial charge on any atom is -0.338 e. The van der Waals surface area contributed by atoms with E-state index in [4.69, 9.17) is 12.2 Å². The van der Waals surface area contributed by atoms with Crippen LogP contribution < -0.4 is 4.90 Å². The maximum Gasteiger partial charge on any atom is 0.225 e. The van der Waals surface area contributed by atoms with Gasteiger partial charge in [0.15, 0.2) is 3.95 Å². The van der Waals surface area contributed by atoms with Crippen LogP contribution in [0.3, 0.4) is 0 Å². The largest absolute Gasteiger partial charge is 0.338 e. The molecule has 0 spiro atoms. The van der Waals surface area contributed by atoms with Crippen molar-refractivity contribution in [1.82, 2.24) is 24.6 Å². The fourth-order valence-corrected chi connectivity index (χ4v) is 2.77. The SMILES string of the molecule is S=c1scnn1CN1CCN(c2ncccn2)CC1. The Kier molecular flexibility index (Phi) is 3.81. The Hall–Kier alpha value is -1.38. The Bertz CT molecular complexity index is 572. The average Bonchev–Trinajstić information content (AvgIpc) is 2.86. The van der Waals surface area contributed by atoms with Gasteiger partial charge in [-0.3, -0.25) is 4.90 Å². The number of nitrogens with zero attached hydrogens (tertiary/aromatic N) is 6. The predicted octanol–water partition coefficient (Wildman–Crippen LogP) is 1.24. The first-order valence-corrected chi connectivity index (χ1v) is 7.36. The standard InChI is InChI=1S/C11H14N6S2/c18-11-17(14-8-19-11)9-15-4-6-16(7-5-15)10-12-2-1-3-13-10/h1-3,8H,4-7,9H2. The summed E-state index contributed by atoms with van der Waals surface area (Å²) in [6.07, 6.45) is 3.56. The molecule has 0 N–H and O–H groups in total. The first-order chi connectivity index (χ1) is 9.33. The Balaban J connectivity index is 1.58. The van der Waals surface area contributed by atoms with E-state index in [2.05, 4.69) is 24.9 Å². The number of hydrogen-bond donors (Lipinski definition) is 0. The van der Waals surface area contributed by atoms with Crippen LogP contribution >= 0.6 is 23.6 Å². The van der Waals surface area contributed by atoms with Crippen molar-refractivity contribution in [3.63, 3.8) is 0 Å². The van der Waals surface area contributed by atoms with E-state index in [9.17, 15) is 0 Å². The van der Waals surface area contributed by atoms with Crippen LogP contribution in [-0.2, 0) is 6.67 Å². The van der Waals surface area contributed by atoms with E-state index in [1.54, 1.807) is 17.9 Å². The third-order valence-electron chi connectivity index (χ3n) is 3.09. The van der Waals surface area contributed by atoms with Crippen molar-refractivity contribution in [3.8, 4) is 0 Å². The van der Waals surface area contributed by atoms with E-state index in [1.165, 1.54) is 11.3 Å². The Morgan fingerprint density at radius 3 is 2.53 bits per heavy atom. The van der Waals surface area contributed by atoms with Gasteiger partial charge < -0.3 is 4.90 Å². The minimum absolute atomic E-state index is 0.770. The molecule has 6 nitrogen and oxygen atoms in total. The number of piperazine rings is 1. The third-order valence-corrected chi connectivity index (χ3v) is 4.20. The summed E-state index contributed by atoms with van der Waals surface area (Å²) in [6, 6.07) is 1.84. The van der Waals surface area contributed by atoms with E-state index < -0.39 is 0 Å². The summed E-state index contributed by atoms with van der Waals surface area (Å²) >= 11 is 6.72. The minimum atomic E-state index is 0.770. The van der Waals surface area contributed by atoms with Crippen LogP contribution in [0.2, 0.25) is 0 Å². The lowest BCUT2D eigenvalue weighted by Crippen LogP contribution is -2.47. The second kappa shape index (κ2) is 5.72. The van der Waals surface area contributed by atoms with Crippen LogP contribution in [0.4, 0.5) is 5.95 Å². The Morgan fingerprint density at radius 1 is 1.16 bits per heavy atom. The van der Waals surface area contributed by atoms with Gasteiger partial charge in [-0.05, 0) is 18.3 Å². The van der Waals surface area contributed by atoms with Crippen molar-refractivity contribution in [2.75, 3.05) is 31.1 Å². The van der Waals surface area contributed by atoms with Crippen LogP contribution in [0.25, 0.3) is 0 Å². The second-order valence-corrected chi connectivity index (χ2v) is 5.78. The molecular formula is C11H14N6S2. The average molecular weight is 294 g/mol. The third kappa shape index (κ3) is 2.96. The molecule has 100 valence electrons. The zero-order chi connectivity index (χ0) is 13.1. The maximum atomic E-state index is 5.22. The number of rotatable bonds is 3. The van der Waals surface area contributed by atoms with Crippen molar-refractivity contribution in [2.45, 2.75) is 6.67 Å². The molecule has 19 heavy (non-hydrogen) atoms. The molecular weight excluding hydrogens is 280 g/mol. The van der Waals surface area contributed by atoms with Crippen LogP contribution in [0.1, 0.15) is 0 Å². The smallest absolute Gasteiger partial charge is 0.225 e. The van der Waals surface area contributed by atoms with Gasteiger partial charge in [0.05, 0.1) is 6.67 Å². The number of aromatic nitrogens is 4. The van der Waals surface area contributed by atoms with Crippen molar-refractivity contribution < 1.29 is 0 Å². The molecule has 0 bridgehead atoms. The van der Waals surface area contributed by atoms with Crippen molar-refractivity contribution >= 4 is 29.5 Å². The maximum absolute atomic E-state index is 5.22. The number of hydrogen-bond acceptors (Lipinski definition) is 7. The topological polar surface area (TPSA) is 50.1 Å². The molecule has 8 heteroatoms. The van der Waals surface area contributed by atoms with Crippen LogP contribution in [0, 0.1) is 3.95 Å². The van der Waals surface area contributed by atoms with Gasteiger partial charge in [-0.2, -0.15) is 5.10 Å². The molecule has 0 unspecified atom stereocenters. The molecule has 2 aromatic rings. The quantitative estimate of drug-likeness (QED) is 0.794. The lowest BCUT2D eigenvalue weighted by atomic mass is 10.3. The highest BCUT2D eigenvalue weighted by Gasteiger charge is 2.18. The summed E-state index contributed by atoms with van der Waals surface area (Å²) in [5.74, 6) is 0.812. The molecule has 1 aliphatic rings. The summed E-state index contributed by atoms with van der Waals surface area (Å²) < 4.78 is 2.70. The summed E-state index contributed by atoms with van der Waals surface area (Å²) in [7, 11) is 0. The monoisotopic (exact) mass is 294 g/mol. The van der Waals surface area contributed by atoms with Gasteiger partial charge in [0.25, 0.3) is 0 Å². The second-order valence-electron chi connectivity index (χ2n) is 4.30. The summed E-state index contributed by atoms with van der Waals surface area (Å²) in [4.78, 5) is 13.1. The van der Waals surface area contributed by atoms with E-state index >= 15 is 0 Å². The van der Waals surface area contributed by atoms with Crippen molar-refractivity contribution in [2.24, 2.45) is 0 Å². The zero-order valence-electron chi connectivity index (χ0n) is 10.3. The molecule has 1 fully saturated rings. The van der Waals surface area contributed by atoms with Crippen molar-refractivity contribution in [3.05, 3.63) is 27.9 Å². The fraction of sp³-hybridized carbons (Fsp3) is 0.455. The van der Waals surface area contributed by atoms with Gasteiger partial charge in [-0.1, -0.05) is 11.3 Å². The van der Waals surface area contributed by atoms with Gasteiger partial charge in [0, 0.05) is 38.6 Å². The molecule has 0 radical (unpaired) electrons. The summed E-state index contributed by atoms with van der Waals surface area (Å²) in [6.45, 7) is 4.57. The zero-order valence-corrected chi connectivity index (χ0v) is 12.0. The van der Waals surface area contributed by atoms with E-state index in [0.717, 1.165) is 42.8 Å². The molecule has 0 saturated carbocycles. The molecule has 3 heterocycles. The summed E-state index contributed by atoms with van der Waals surface area (Å²) in [5, 5.41) is 4.24. The molecule has 3 rings (SSSR count). The summed E-state index contributed by atoms with van der Waals surface area (Å²) in [5.41, 5.74) is 1.79. The highest BCUT2D eigenvalue weighted by atomic mass is 32.1. The fourth-order valence-electron chi connectivity index (χ4n) is 2.06. The van der Waals surface area contributed by atoms with E-state index in [1.807, 2.05) is 10.7 Å². The molecule has 0 aromatic carbocycles. The molecule has 1 aliphatic heterocycles. The lowest BCUT2D eigenvalue weighted by molar-refractivity contribution is 0.194. The molecule has 0 atom stereocenters. The molecule has 0 amide bonds. The van der Waals surface area contributed by atoms with Crippen LogP contribution in [-0.4, -0.2) is 50.8 Å². The molecule has 2 aromatic heterocycles. The first-order valence-electron chi connectivity index (χ1n) is 6.08. The predicted molar refractivity (Wildman–Crippen MR) is 76.8 cm³/mol. The van der Waals surface area contributed by atoms with E-state index in [0.29, 0.717) is 0 Å². The van der Waals surface area contributed by atoms with Crippen LogP contribution in [0.15, 0.2) is 24.0 Å². The van der Waals surface area contributed by atoms with Crippen LogP contribution in [0.5, 0.6) is 0 Å². The van der Waals surface area contributed by atoms with Gasteiger partial charge in [-0.25, -0.2) is 14.6 Å². The highest BCUT2D eigenvalue weighted by molar-refractivity contribution is 7.73. The number of anilines is 1. The van der Waals surface area contributed by atoms with Gasteiger partial charge in [-0.15, -0.1) is 0 Å². The Labute approximate surface area is 120 Å². The molecule has 0 aliphatic carbocycles. The van der Waals surface area contributed by atoms with Gasteiger partial charge >= 0.3 is 0 Å². The van der Waals surface area contributed by atoms with Gasteiger partial charge in [0.2, 0.25) is 5.95 Å².